The Bertz CT molecular complexity index is 391. The molecule has 0 radical (unpaired) electrons. The van der Waals surface area contributed by atoms with Gasteiger partial charge in [0.15, 0.2) is 0 Å². The summed E-state index contributed by atoms with van der Waals surface area (Å²) in [5.74, 6) is 0. The fourth-order valence-electron chi connectivity index (χ4n) is 2.67. The van der Waals surface area contributed by atoms with E-state index in [4.69, 9.17) is 0 Å². The van der Waals surface area contributed by atoms with Gasteiger partial charge in [-0.25, -0.2) is 0 Å². The van der Waals surface area contributed by atoms with Crippen molar-refractivity contribution < 1.29 is 0 Å². The predicted octanol–water partition coefficient (Wildman–Crippen LogP) is 6.94. The topological polar surface area (TPSA) is 24.1 Å². The van der Waals surface area contributed by atoms with E-state index in [1.165, 1.54) is 11.4 Å². The third kappa shape index (κ3) is 6.05. The fourth-order valence-corrected chi connectivity index (χ4v) is 6.96. The van der Waals surface area contributed by atoms with Crippen molar-refractivity contribution in [2.75, 3.05) is 10.2 Å². The molecule has 0 unspecified atom stereocenters. The molecule has 0 bridgehead atoms. The van der Waals surface area contributed by atoms with Gasteiger partial charge in [-0.3, -0.25) is 0 Å². The van der Waals surface area contributed by atoms with Crippen molar-refractivity contribution in [1.82, 2.24) is 0 Å². The maximum absolute atomic E-state index is 3.78. The lowest BCUT2D eigenvalue weighted by Gasteiger charge is -2.29. The van der Waals surface area contributed by atoms with Gasteiger partial charge in [-0.1, -0.05) is 61.5 Å². The second-order valence-electron chi connectivity index (χ2n) is 6.99. The van der Waals surface area contributed by atoms with Crippen LogP contribution in [0.3, 0.4) is 0 Å². The van der Waals surface area contributed by atoms with Crippen molar-refractivity contribution >= 4 is 27.5 Å². The normalized spacial score (nSPS) is 12.3. The van der Waals surface area contributed by atoms with Crippen molar-refractivity contribution in [2.45, 2.75) is 78.0 Å². The molecular formula is C18H34N2P2. The summed E-state index contributed by atoms with van der Waals surface area (Å²) in [4.78, 5) is 0. The maximum Gasteiger partial charge on any atom is 0.0393 e. The summed E-state index contributed by atoms with van der Waals surface area (Å²) in [6.45, 7) is 18.5. The first-order chi connectivity index (χ1) is 10.2. The average molecular weight is 340 g/mol. The van der Waals surface area contributed by atoms with Crippen molar-refractivity contribution in [1.29, 1.82) is 0 Å². The molecule has 0 saturated heterocycles. The highest BCUT2D eigenvalue weighted by Crippen LogP contribution is 2.48. The molecule has 0 atom stereocenters. The highest BCUT2D eigenvalue weighted by atomic mass is 31.1. The Morgan fingerprint density at radius 1 is 0.636 bits per heavy atom. The monoisotopic (exact) mass is 340 g/mol. The van der Waals surface area contributed by atoms with Gasteiger partial charge in [0.05, 0.1) is 0 Å². The van der Waals surface area contributed by atoms with Crippen molar-refractivity contribution in [3.05, 3.63) is 24.3 Å². The van der Waals surface area contributed by atoms with Crippen LogP contribution in [0.25, 0.3) is 0 Å². The minimum absolute atomic E-state index is 0.185. The molecule has 1 aromatic rings. The molecule has 0 aliphatic rings. The van der Waals surface area contributed by atoms with E-state index in [1.54, 1.807) is 0 Å². The number of rotatable bonds is 8. The van der Waals surface area contributed by atoms with Gasteiger partial charge < -0.3 is 10.2 Å². The van der Waals surface area contributed by atoms with E-state index in [1.807, 2.05) is 0 Å². The Kier molecular flexibility index (Phi) is 8.15. The molecule has 1 aromatic carbocycles. The summed E-state index contributed by atoms with van der Waals surface area (Å²) in [6, 6.07) is 8.82. The van der Waals surface area contributed by atoms with E-state index in [9.17, 15) is 0 Å². The predicted molar refractivity (Wildman–Crippen MR) is 108 cm³/mol. The van der Waals surface area contributed by atoms with Crippen LogP contribution in [-0.4, -0.2) is 22.6 Å². The average Bonchev–Trinajstić information content (AvgIpc) is 2.41. The first-order valence-electron chi connectivity index (χ1n) is 8.42. The fraction of sp³-hybridized carbons (Fsp3) is 0.667. The van der Waals surface area contributed by atoms with E-state index >= 15 is 0 Å². The van der Waals surface area contributed by atoms with Gasteiger partial charge in [-0.05, 0) is 57.0 Å². The summed E-state index contributed by atoms with van der Waals surface area (Å²) in [5.41, 5.74) is 5.26. The summed E-state index contributed by atoms with van der Waals surface area (Å²) in [7, 11) is -0.370. The van der Waals surface area contributed by atoms with Crippen LogP contribution < -0.4 is 10.2 Å². The van der Waals surface area contributed by atoms with Crippen LogP contribution in [0.2, 0.25) is 0 Å². The minimum Gasteiger partial charge on any atom is -0.364 e. The molecule has 0 spiro atoms. The number of anilines is 2. The van der Waals surface area contributed by atoms with Crippen LogP contribution in [0.15, 0.2) is 24.3 Å². The third-order valence-corrected chi connectivity index (χ3v) is 9.09. The minimum atomic E-state index is -0.185. The Hall–Kier alpha value is -0.320. The third-order valence-electron chi connectivity index (χ3n) is 3.60. The highest BCUT2D eigenvalue weighted by molar-refractivity contribution is 7.61. The summed E-state index contributed by atoms with van der Waals surface area (Å²) >= 11 is 0. The van der Waals surface area contributed by atoms with Gasteiger partial charge in [0, 0.05) is 11.4 Å². The number of benzene rings is 1. The quantitative estimate of drug-likeness (QED) is 0.501. The maximum atomic E-state index is 3.78. The molecule has 0 fully saturated rings. The van der Waals surface area contributed by atoms with Gasteiger partial charge in [-0.2, -0.15) is 0 Å². The molecule has 1 rings (SSSR count). The molecule has 0 aliphatic heterocycles. The van der Waals surface area contributed by atoms with E-state index in [0.29, 0.717) is 22.6 Å². The smallest absolute Gasteiger partial charge is 0.0393 e. The van der Waals surface area contributed by atoms with Crippen LogP contribution in [0, 0.1) is 0 Å². The lowest BCUT2D eigenvalue weighted by Crippen LogP contribution is -2.12. The van der Waals surface area contributed by atoms with Gasteiger partial charge >= 0.3 is 0 Å². The van der Waals surface area contributed by atoms with E-state index in [-0.39, 0.29) is 16.1 Å². The first-order valence-corrected chi connectivity index (χ1v) is 11.4. The largest absolute Gasteiger partial charge is 0.364 e. The van der Waals surface area contributed by atoms with Crippen LogP contribution in [-0.2, 0) is 0 Å². The van der Waals surface area contributed by atoms with Gasteiger partial charge in [0.1, 0.15) is 0 Å². The standard InChI is InChI=1S/C18H34N2P2/c1-13(2)21(14(3)4)19-17-10-9-11-18(12-17)20-22(15(5)6)16(7)8/h9-16,19-20H,1-8H3. The zero-order valence-electron chi connectivity index (χ0n) is 15.5. The highest BCUT2D eigenvalue weighted by Gasteiger charge is 2.18. The molecule has 0 heterocycles. The molecule has 126 valence electrons. The zero-order valence-corrected chi connectivity index (χ0v) is 17.3. The van der Waals surface area contributed by atoms with Crippen LogP contribution in [0.1, 0.15) is 55.4 Å². The Labute approximate surface area is 140 Å². The first kappa shape index (κ1) is 19.7. The number of nitrogens with one attached hydrogen (secondary N) is 2. The molecule has 0 aliphatic carbocycles. The number of hydrogen-bond donors (Lipinski definition) is 2. The lowest BCUT2D eigenvalue weighted by atomic mass is 10.3. The Morgan fingerprint density at radius 2 is 0.955 bits per heavy atom. The molecule has 0 amide bonds. The zero-order chi connectivity index (χ0) is 16.9. The Morgan fingerprint density at radius 3 is 1.23 bits per heavy atom. The number of hydrogen-bond acceptors (Lipinski definition) is 2. The lowest BCUT2D eigenvalue weighted by molar-refractivity contribution is 1.01. The van der Waals surface area contributed by atoms with Crippen molar-refractivity contribution in [3.8, 4) is 0 Å². The second-order valence-corrected chi connectivity index (χ2v) is 13.2. The van der Waals surface area contributed by atoms with Crippen molar-refractivity contribution in [2.24, 2.45) is 0 Å². The second kappa shape index (κ2) is 9.09. The summed E-state index contributed by atoms with van der Waals surface area (Å²) in [5, 5.41) is 7.56. The van der Waals surface area contributed by atoms with Crippen molar-refractivity contribution in [3.63, 3.8) is 0 Å². The van der Waals surface area contributed by atoms with Crippen LogP contribution >= 0.6 is 16.1 Å². The summed E-state index contributed by atoms with van der Waals surface area (Å²) in [6.07, 6.45) is 0. The molecule has 22 heavy (non-hydrogen) atoms. The van der Waals surface area contributed by atoms with E-state index < -0.39 is 0 Å². The SMILES string of the molecule is CC(C)P(Nc1cccc(NP(C(C)C)C(C)C)c1)C(C)C. The molecule has 0 saturated carbocycles. The van der Waals surface area contributed by atoms with Gasteiger partial charge in [-0.15, -0.1) is 0 Å². The molecule has 0 aromatic heterocycles. The van der Waals surface area contributed by atoms with Crippen LogP contribution in [0.5, 0.6) is 0 Å². The van der Waals surface area contributed by atoms with Gasteiger partial charge in [0.2, 0.25) is 0 Å². The Balaban J connectivity index is 2.85. The molecule has 4 heteroatoms. The van der Waals surface area contributed by atoms with Gasteiger partial charge in [0.25, 0.3) is 0 Å². The molecule has 2 nitrogen and oxygen atoms in total. The van der Waals surface area contributed by atoms with E-state index in [2.05, 4.69) is 89.8 Å². The molecule has 2 N–H and O–H groups in total. The van der Waals surface area contributed by atoms with Crippen LogP contribution in [0.4, 0.5) is 11.4 Å². The van der Waals surface area contributed by atoms with E-state index in [0.717, 1.165) is 0 Å². The molecular weight excluding hydrogens is 306 g/mol. The summed E-state index contributed by atoms with van der Waals surface area (Å²) < 4.78 is 0.